The number of hydrogen-bond acceptors (Lipinski definition) is 3. The van der Waals surface area contributed by atoms with E-state index in [1.54, 1.807) is 0 Å². The van der Waals surface area contributed by atoms with Gasteiger partial charge in [0.05, 0.1) is 0 Å². The van der Waals surface area contributed by atoms with Gasteiger partial charge in [-0.2, -0.15) is 8.42 Å². The van der Waals surface area contributed by atoms with Crippen LogP contribution in [0.4, 0.5) is 4.39 Å². The number of carbonyl (C=O) groups is 1. The van der Waals surface area contributed by atoms with E-state index in [0.29, 0.717) is 37.0 Å². The zero-order valence-electron chi connectivity index (χ0n) is 10.0. The minimum Gasteiger partial charge on any atom is -0.294 e. The van der Waals surface area contributed by atoms with Gasteiger partial charge in [-0.15, -0.1) is 0 Å². The van der Waals surface area contributed by atoms with Gasteiger partial charge in [0.1, 0.15) is 0 Å². The molecule has 4 rings (SSSR count). The summed E-state index contributed by atoms with van der Waals surface area (Å²) in [6.07, 6.45) is 5.09. The van der Waals surface area contributed by atoms with Crippen molar-refractivity contribution in [2.24, 2.45) is 23.2 Å². The highest BCUT2D eigenvalue weighted by atomic mass is 32.2. The molecule has 0 aromatic carbocycles. The Kier molecular flexibility index (Phi) is 2.62. The van der Waals surface area contributed by atoms with Crippen LogP contribution in [0.2, 0.25) is 0 Å². The molecular formula is C12H17FO4S. The van der Waals surface area contributed by atoms with Crippen LogP contribution < -0.4 is 0 Å². The van der Waals surface area contributed by atoms with Crippen LogP contribution in [0.1, 0.15) is 38.5 Å². The SMILES string of the molecule is O=C(C(F)S(=O)(=O)O)C12CC3CC(CC(C3)C1)C2. The van der Waals surface area contributed by atoms with E-state index in [-0.39, 0.29) is 0 Å². The average molecular weight is 276 g/mol. The minimum atomic E-state index is -4.91. The maximum atomic E-state index is 13.6. The van der Waals surface area contributed by atoms with Crippen molar-refractivity contribution in [3.05, 3.63) is 0 Å². The molecule has 4 nitrogen and oxygen atoms in total. The molecule has 102 valence electrons. The van der Waals surface area contributed by atoms with Gasteiger partial charge in [-0.3, -0.25) is 9.35 Å². The van der Waals surface area contributed by atoms with E-state index in [2.05, 4.69) is 0 Å². The molecule has 4 aliphatic rings. The summed E-state index contributed by atoms with van der Waals surface area (Å²) in [6, 6.07) is 0. The first-order valence-electron chi connectivity index (χ1n) is 6.45. The smallest absolute Gasteiger partial charge is 0.294 e. The molecule has 0 heterocycles. The van der Waals surface area contributed by atoms with E-state index in [9.17, 15) is 17.6 Å². The van der Waals surface area contributed by atoms with Crippen molar-refractivity contribution >= 4 is 15.9 Å². The fourth-order valence-electron chi connectivity index (χ4n) is 4.79. The fraction of sp³-hybridized carbons (Fsp3) is 0.917. The number of hydrogen-bond donors (Lipinski definition) is 1. The van der Waals surface area contributed by atoms with Crippen LogP contribution in [0.5, 0.6) is 0 Å². The van der Waals surface area contributed by atoms with Crippen molar-refractivity contribution in [2.75, 3.05) is 0 Å². The van der Waals surface area contributed by atoms with E-state index in [1.165, 1.54) is 0 Å². The lowest BCUT2D eigenvalue weighted by atomic mass is 9.48. The third-order valence-electron chi connectivity index (χ3n) is 5.03. The Hall–Kier alpha value is -0.490. The molecule has 0 radical (unpaired) electrons. The molecule has 0 spiro atoms. The first kappa shape index (κ1) is 12.5. The Morgan fingerprint density at radius 2 is 1.50 bits per heavy atom. The molecule has 1 unspecified atom stereocenters. The molecule has 1 N–H and O–H groups in total. The Morgan fingerprint density at radius 1 is 1.11 bits per heavy atom. The zero-order valence-corrected chi connectivity index (χ0v) is 10.8. The van der Waals surface area contributed by atoms with Gasteiger partial charge in [0.15, 0.2) is 5.78 Å². The molecule has 4 saturated carbocycles. The molecule has 6 heteroatoms. The second-order valence-electron chi connectivity index (χ2n) is 6.39. The first-order chi connectivity index (χ1) is 8.30. The summed E-state index contributed by atoms with van der Waals surface area (Å²) in [5, 5.41) is 0. The predicted molar refractivity (Wildman–Crippen MR) is 62.1 cm³/mol. The van der Waals surface area contributed by atoms with Crippen LogP contribution in [-0.2, 0) is 14.9 Å². The summed E-state index contributed by atoms with van der Waals surface area (Å²) >= 11 is 0. The second kappa shape index (κ2) is 3.76. The van der Waals surface area contributed by atoms with Crippen LogP contribution in [0, 0.1) is 23.2 Å². The van der Waals surface area contributed by atoms with Gasteiger partial charge in [0.2, 0.25) is 0 Å². The van der Waals surface area contributed by atoms with Crippen LogP contribution in [-0.4, -0.2) is 24.3 Å². The molecule has 0 saturated heterocycles. The van der Waals surface area contributed by atoms with Crippen molar-refractivity contribution in [3.8, 4) is 0 Å². The molecule has 0 aliphatic heterocycles. The van der Waals surface area contributed by atoms with Gasteiger partial charge < -0.3 is 0 Å². The Balaban J connectivity index is 1.90. The summed E-state index contributed by atoms with van der Waals surface area (Å²) in [6.45, 7) is 0. The summed E-state index contributed by atoms with van der Waals surface area (Å²) in [7, 11) is -4.91. The molecule has 0 amide bonds. The van der Waals surface area contributed by atoms with Gasteiger partial charge in [-0.1, -0.05) is 0 Å². The van der Waals surface area contributed by atoms with Crippen LogP contribution >= 0.6 is 0 Å². The molecular weight excluding hydrogens is 259 g/mol. The van der Waals surface area contributed by atoms with Crippen molar-refractivity contribution in [1.82, 2.24) is 0 Å². The Morgan fingerprint density at radius 3 is 1.83 bits per heavy atom. The first-order valence-corrected chi connectivity index (χ1v) is 7.95. The standard InChI is InChI=1S/C12H17FO4S/c13-11(18(15,16)17)10(14)12-4-7-1-8(5-12)3-9(2-7)6-12/h7-9,11H,1-6H2,(H,15,16,17). The van der Waals surface area contributed by atoms with Gasteiger partial charge >= 0.3 is 10.1 Å². The van der Waals surface area contributed by atoms with Crippen LogP contribution in [0.3, 0.4) is 0 Å². The third kappa shape index (κ3) is 1.81. The van der Waals surface area contributed by atoms with Gasteiger partial charge in [0.25, 0.3) is 5.50 Å². The van der Waals surface area contributed by atoms with Crippen molar-refractivity contribution in [1.29, 1.82) is 0 Å². The average Bonchev–Trinajstić information content (AvgIpc) is 2.23. The minimum absolute atomic E-state index is 0.439. The molecule has 18 heavy (non-hydrogen) atoms. The summed E-state index contributed by atoms with van der Waals surface area (Å²) < 4.78 is 44.0. The number of Topliss-reactive ketones (excluding diaryl/α,β-unsaturated/α-hetero) is 1. The molecule has 0 aromatic rings. The monoisotopic (exact) mass is 276 g/mol. The number of ketones is 1. The number of carbonyl (C=O) groups excluding carboxylic acids is 1. The predicted octanol–water partition coefficient (Wildman–Crippen LogP) is 1.96. The summed E-state index contributed by atoms with van der Waals surface area (Å²) in [4.78, 5) is 12.1. The summed E-state index contributed by atoms with van der Waals surface area (Å²) in [5.74, 6) is 0.417. The number of halogens is 1. The van der Waals surface area contributed by atoms with E-state index in [1.807, 2.05) is 0 Å². The van der Waals surface area contributed by atoms with Crippen molar-refractivity contribution in [3.63, 3.8) is 0 Å². The quantitative estimate of drug-likeness (QED) is 0.800. The van der Waals surface area contributed by atoms with Crippen LogP contribution in [0.15, 0.2) is 0 Å². The van der Waals surface area contributed by atoms with Gasteiger partial charge in [0, 0.05) is 5.41 Å². The molecule has 1 atom stereocenters. The maximum absolute atomic E-state index is 13.6. The zero-order chi connectivity index (χ0) is 13.1. The topological polar surface area (TPSA) is 71.4 Å². The number of alkyl halides is 1. The van der Waals surface area contributed by atoms with Gasteiger partial charge in [-0.05, 0) is 56.3 Å². The molecule has 4 fully saturated rings. The van der Waals surface area contributed by atoms with Crippen LogP contribution in [0.25, 0.3) is 0 Å². The lowest BCUT2D eigenvalue weighted by Crippen LogP contribution is -2.53. The maximum Gasteiger partial charge on any atom is 0.305 e. The highest BCUT2D eigenvalue weighted by Gasteiger charge is 2.57. The largest absolute Gasteiger partial charge is 0.305 e. The van der Waals surface area contributed by atoms with Crippen molar-refractivity contribution < 1.29 is 22.2 Å². The normalized spacial score (nSPS) is 44.0. The van der Waals surface area contributed by atoms with E-state index >= 15 is 0 Å². The van der Waals surface area contributed by atoms with E-state index < -0.39 is 26.8 Å². The third-order valence-corrected chi connectivity index (χ3v) is 5.77. The highest BCUT2D eigenvalue weighted by molar-refractivity contribution is 7.87. The second-order valence-corrected chi connectivity index (χ2v) is 7.84. The lowest BCUT2D eigenvalue weighted by molar-refractivity contribution is -0.146. The van der Waals surface area contributed by atoms with E-state index in [4.69, 9.17) is 4.55 Å². The van der Waals surface area contributed by atoms with Gasteiger partial charge in [-0.25, -0.2) is 4.39 Å². The number of rotatable bonds is 3. The van der Waals surface area contributed by atoms with E-state index in [0.717, 1.165) is 19.3 Å². The lowest BCUT2D eigenvalue weighted by Gasteiger charge is -2.55. The molecule has 0 aromatic heterocycles. The fourth-order valence-corrected chi connectivity index (χ4v) is 5.31. The molecule has 4 bridgehead atoms. The Labute approximate surface area is 106 Å². The Bertz CT molecular complexity index is 449. The van der Waals surface area contributed by atoms with Crippen molar-refractivity contribution in [2.45, 2.75) is 44.0 Å². The highest BCUT2D eigenvalue weighted by Crippen LogP contribution is 2.60. The molecule has 4 aliphatic carbocycles. The summed E-state index contributed by atoms with van der Waals surface area (Å²) in [5.41, 5.74) is -3.57.